The highest BCUT2D eigenvalue weighted by Gasteiger charge is 2.13. The van der Waals surface area contributed by atoms with E-state index in [9.17, 15) is 9.59 Å². The van der Waals surface area contributed by atoms with Gasteiger partial charge in [0.15, 0.2) is 0 Å². The van der Waals surface area contributed by atoms with Gasteiger partial charge in [-0.1, -0.05) is 59.3 Å². The molecule has 0 saturated heterocycles. The minimum Gasteiger partial charge on any atom is -0.464 e. The van der Waals surface area contributed by atoms with E-state index in [0.717, 1.165) is 12.8 Å². The maximum Gasteiger partial charge on any atom is 0.325 e. The molecule has 0 aliphatic rings. The number of carbonyl (C=O) groups is 2. The number of rotatable bonds is 12. The van der Waals surface area contributed by atoms with Crippen molar-refractivity contribution in [3.8, 4) is 0 Å². The molecule has 0 unspecified atom stereocenters. The Morgan fingerprint density at radius 3 is 2.14 bits per heavy atom. The summed E-state index contributed by atoms with van der Waals surface area (Å²) in [6.07, 6.45) is 8.87. The molecular weight excluding hydrogens is 266 g/mol. The third-order valence-corrected chi connectivity index (χ3v) is 3.36. The van der Waals surface area contributed by atoms with Gasteiger partial charge in [0.1, 0.15) is 6.54 Å². The van der Waals surface area contributed by atoms with Crippen LogP contribution in [0.25, 0.3) is 0 Å². The molecule has 0 aromatic carbocycles. The van der Waals surface area contributed by atoms with E-state index in [-0.39, 0.29) is 18.4 Å². The average molecular weight is 299 g/mol. The van der Waals surface area contributed by atoms with Crippen molar-refractivity contribution >= 4 is 11.9 Å². The fourth-order valence-corrected chi connectivity index (χ4v) is 2.01. The van der Waals surface area contributed by atoms with Crippen LogP contribution in [-0.4, -0.2) is 37.0 Å². The number of amides is 1. The Kier molecular flexibility index (Phi) is 12.0. The number of hydrogen-bond acceptors (Lipinski definition) is 3. The van der Waals surface area contributed by atoms with Crippen molar-refractivity contribution in [1.82, 2.24) is 4.90 Å². The van der Waals surface area contributed by atoms with Crippen LogP contribution < -0.4 is 0 Å². The smallest absolute Gasteiger partial charge is 0.325 e. The van der Waals surface area contributed by atoms with Crippen molar-refractivity contribution in [3.05, 3.63) is 0 Å². The van der Waals surface area contributed by atoms with Gasteiger partial charge in [-0.05, 0) is 12.3 Å². The Hall–Kier alpha value is -1.06. The molecule has 0 aliphatic carbocycles. The van der Waals surface area contributed by atoms with Crippen LogP contribution in [0.15, 0.2) is 0 Å². The first-order chi connectivity index (χ1) is 9.97. The van der Waals surface area contributed by atoms with Crippen LogP contribution in [0.3, 0.4) is 0 Å². The van der Waals surface area contributed by atoms with Crippen LogP contribution in [0.2, 0.25) is 0 Å². The Morgan fingerprint density at radius 1 is 1.00 bits per heavy atom. The quantitative estimate of drug-likeness (QED) is 0.407. The molecule has 21 heavy (non-hydrogen) atoms. The lowest BCUT2D eigenvalue weighted by Gasteiger charge is -2.16. The number of ether oxygens (including phenoxy) is 1. The lowest BCUT2D eigenvalue weighted by Crippen LogP contribution is -2.33. The summed E-state index contributed by atoms with van der Waals surface area (Å²) in [5, 5.41) is 0. The van der Waals surface area contributed by atoms with Crippen LogP contribution >= 0.6 is 0 Å². The summed E-state index contributed by atoms with van der Waals surface area (Å²) in [6.45, 7) is 6.66. The van der Waals surface area contributed by atoms with Crippen molar-refractivity contribution in [2.24, 2.45) is 5.92 Å². The topological polar surface area (TPSA) is 46.6 Å². The van der Waals surface area contributed by atoms with E-state index in [1.165, 1.54) is 37.0 Å². The number of nitrogens with zero attached hydrogens (tertiary/aromatic N) is 1. The normalized spacial score (nSPS) is 10.7. The molecule has 0 bridgehead atoms. The van der Waals surface area contributed by atoms with E-state index in [2.05, 4.69) is 6.92 Å². The van der Waals surface area contributed by atoms with Gasteiger partial charge in [-0.15, -0.1) is 0 Å². The zero-order valence-corrected chi connectivity index (χ0v) is 14.3. The van der Waals surface area contributed by atoms with E-state index in [0.29, 0.717) is 18.9 Å². The number of unbranched alkanes of at least 4 members (excludes halogenated alkanes) is 6. The largest absolute Gasteiger partial charge is 0.464 e. The monoisotopic (exact) mass is 299 g/mol. The number of hydrogen-bond donors (Lipinski definition) is 0. The van der Waals surface area contributed by atoms with E-state index in [1.807, 2.05) is 13.8 Å². The molecule has 0 aromatic rings. The summed E-state index contributed by atoms with van der Waals surface area (Å²) in [5.41, 5.74) is 0. The van der Waals surface area contributed by atoms with Gasteiger partial charge in [-0.25, -0.2) is 0 Å². The van der Waals surface area contributed by atoms with Gasteiger partial charge in [0.25, 0.3) is 0 Å². The van der Waals surface area contributed by atoms with Gasteiger partial charge in [0, 0.05) is 13.5 Å². The van der Waals surface area contributed by atoms with E-state index in [4.69, 9.17) is 4.74 Å². The summed E-state index contributed by atoms with van der Waals surface area (Å²) in [4.78, 5) is 24.9. The van der Waals surface area contributed by atoms with Gasteiger partial charge >= 0.3 is 5.97 Å². The lowest BCUT2D eigenvalue weighted by atomic mass is 10.1. The second-order valence-electron chi connectivity index (χ2n) is 6.20. The first-order valence-electron chi connectivity index (χ1n) is 8.37. The molecule has 0 aromatic heterocycles. The van der Waals surface area contributed by atoms with Crippen molar-refractivity contribution in [2.45, 2.75) is 72.1 Å². The van der Waals surface area contributed by atoms with Crippen LogP contribution in [0.4, 0.5) is 0 Å². The molecule has 4 heteroatoms. The zero-order valence-electron chi connectivity index (χ0n) is 14.3. The minimum absolute atomic E-state index is 0.0325. The average Bonchev–Trinajstić information content (AvgIpc) is 2.43. The molecule has 0 rings (SSSR count). The van der Waals surface area contributed by atoms with E-state index >= 15 is 0 Å². The second kappa shape index (κ2) is 12.7. The Bertz CT molecular complexity index is 290. The van der Waals surface area contributed by atoms with Gasteiger partial charge in [-0.3, -0.25) is 9.59 Å². The summed E-state index contributed by atoms with van der Waals surface area (Å²) < 4.78 is 5.07. The molecule has 1 amide bonds. The van der Waals surface area contributed by atoms with Crippen LogP contribution in [-0.2, 0) is 14.3 Å². The maximum absolute atomic E-state index is 11.9. The van der Waals surface area contributed by atoms with Crippen LogP contribution in [0, 0.1) is 5.92 Å². The Labute approximate surface area is 130 Å². The van der Waals surface area contributed by atoms with Gasteiger partial charge in [0.2, 0.25) is 5.91 Å². The molecule has 0 aliphatic heterocycles. The molecule has 0 N–H and O–H groups in total. The molecule has 0 radical (unpaired) electrons. The molecule has 4 nitrogen and oxygen atoms in total. The Balaban J connectivity index is 3.63. The molecule has 0 heterocycles. The number of esters is 1. The standard InChI is InChI=1S/C17H33NO3/c1-5-6-7-8-9-10-11-12-16(19)18(4)13-17(20)21-14-15(2)3/h15H,5-14H2,1-4H3. The van der Waals surface area contributed by atoms with Gasteiger partial charge < -0.3 is 9.64 Å². The fraction of sp³-hybridized carbons (Fsp3) is 0.882. The zero-order chi connectivity index (χ0) is 16.1. The summed E-state index contributed by atoms with van der Waals surface area (Å²) >= 11 is 0. The molecular formula is C17H33NO3. The highest BCUT2D eigenvalue weighted by molar-refractivity contribution is 5.81. The molecule has 0 saturated carbocycles. The fourth-order valence-electron chi connectivity index (χ4n) is 2.01. The lowest BCUT2D eigenvalue weighted by molar-refractivity contribution is -0.149. The summed E-state index contributed by atoms with van der Waals surface area (Å²) in [7, 11) is 1.67. The molecule has 0 fully saturated rings. The maximum atomic E-state index is 11.9. The molecule has 124 valence electrons. The Morgan fingerprint density at radius 2 is 1.57 bits per heavy atom. The van der Waals surface area contributed by atoms with E-state index < -0.39 is 0 Å². The highest BCUT2D eigenvalue weighted by Crippen LogP contribution is 2.09. The van der Waals surface area contributed by atoms with Gasteiger partial charge in [-0.2, -0.15) is 0 Å². The third-order valence-electron chi connectivity index (χ3n) is 3.36. The number of carbonyl (C=O) groups excluding carboxylic acids is 2. The minimum atomic E-state index is -0.320. The van der Waals surface area contributed by atoms with Crippen LogP contribution in [0.5, 0.6) is 0 Å². The van der Waals surface area contributed by atoms with Crippen LogP contribution in [0.1, 0.15) is 72.1 Å². The SMILES string of the molecule is CCCCCCCCCC(=O)N(C)CC(=O)OCC(C)C. The first kappa shape index (κ1) is 19.9. The van der Waals surface area contributed by atoms with Crippen molar-refractivity contribution < 1.29 is 14.3 Å². The van der Waals surface area contributed by atoms with Crippen molar-refractivity contribution in [2.75, 3.05) is 20.2 Å². The number of likely N-dealkylation sites (N-methyl/N-ethyl adjacent to an activating group) is 1. The predicted octanol–water partition coefficient (Wildman–Crippen LogP) is 3.78. The van der Waals surface area contributed by atoms with E-state index in [1.54, 1.807) is 7.05 Å². The summed E-state index contributed by atoms with van der Waals surface area (Å²) in [5.74, 6) is 0.0341. The summed E-state index contributed by atoms with van der Waals surface area (Å²) in [6, 6.07) is 0. The van der Waals surface area contributed by atoms with Crippen molar-refractivity contribution in [1.29, 1.82) is 0 Å². The predicted molar refractivity (Wildman–Crippen MR) is 86.0 cm³/mol. The van der Waals surface area contributed by atoms with Gasteiger partial charge in [0.05, 0.1) is 6.61 Å². The first-order valence-corrected chi connectivity index (χ1v) is 8.37. The second-order valence-corrected chi connectivity index (χ2v) is 6.20. The van der Waals surface area contributed by atoms with Crippen molar-refractivity contribution in [3.63, 3.8) is 0 Å². The molecule has 0 spiro atoms. The molecule has 0 atom stereocenters. The highest BCUT2D eigenvalue weighted by atomic mass is 16.5. The third kappa shape index (κ3) is 12.4.